The van der Waals surface area contributed by atoms with Gasteiger partial charge in [-0.25, -0.2) is 4.98 Å². The first-order chi connectivity index (χ1) is 12.8. The molecule has 1 aliphatic heterocycles. The van der Waals surface area contributed by atoms with E-state index in [1.54, 1.807) is 0 Å². The molecule has 1 saturated heterocycles. The fraction of sp³-hybridized carbons (Fsp3) is 0.591. The highest BCUT2D eigenvalue weighted by atomic mass is 79.9. The molecule has 1 aliphatic rings. The van der Waals surface area contributed by atoms with E-state index >= 15 is 0 Å². The van der Waals surface area contributed by atoms with Crippen LogP contribution in [-0.2, 0) is 0 Å². The number of hydrogen-bond acceptors (Lipinski definition) is 2. The highest BCUT2D eigenvalue weighted by Gasteiger charge is 2.27. The molecule has 1 fully saturated rings. The van der Waals surface area contributed by atoms with Crippen molar-refractivity contribution in [2.75, 3.05) is 13.1 Å². The third-order valence-corrected chi connectivity index (χ3v) is 6.01. The van der Waals surface area contributed by atoms with Gasteiger partial charge in [0.2, 0.25) is 0 Å². The van der Waals surface area contributed by atoms with E-state index in [9.17, 15) is 0 Å². The first kappa shape index (κ1) is 19.6. The van der Waals surface area contributed by atoms with E-state index in [4.69, 9.17) is 4.98 Å². The van der Waals surface area contributed by atoms with Crippen molar-refractivity contribution in [1.29, 1.82) is 0 Å². The van der Waals surface area contributed by atoms with E-state index in [1.165, 1.54) is 76.4 Å². The first-order valence-electron chi connectivity index (χ1n) is 10.3. The van der Waals surface area contributed by atoms with Gasteiger partial charge in [0.15, 0.2) is 0 Å². The Bertz CT molecular complexity index is 650. The van der Waals surface area contributed by atoms with Gasteiger partial charge < -0.3 is 4.98 Å². The molecule has 0 radical (unpaired) electrons. The molecule has 1 N–H and O–H groups in total. The molecule has 4 heteroatoms. The van der Waals surface area contributed by atoms with Crippen LogP contribution in [-0.4, -0.2) is 28.0 Å². The fourth-order valence-corrected chi connectivity index (χ4v) is 4.22. The number of imidazole rings is 1. The molecule has 2 aromatic rings. The molecular formula is C22H32BrN3. The van der Waals surface area contributed by atoms with Gasteiger partial charge in [0.1, 0.15) is 5.82 Å². The summed E-state index contributed by atoms with van der Waals surface area (Å²) in [6.45, 7) is 4.71. The minimum atomic E-state index is 0.472. The van der Waals surface area contributed by atoms with E-state index in [-0.39, 0.29) is 0 Å². The summed E-state index contributed by atoms with van der Waals surface area (Å²) in [4.78, 5) is 10.9. The maximum Gasteiger partial charge on any atom is 0.123 e. The zero-order valence-electron chi connectivity index (χ0n) is 16.0. The molecule has 1 aromatic heterocycles. The van der Waals surface area contributed by atoms with Crippen LogP contribution in [0.5, 0.6) is 0 Å². The highest BCUT2D eigenvalue weighted by Crippen LogP contribution is 2.32. The zero-order chi connectivity index (χ0) is 18.2. The van der Waals surface area contributed by atoms with Crippen LogP contribution in [0.2, 0.25) is 0 Å². The number of H-pyrrole nitrogens is 1. The quantitative estimate of drug-likeness (QED) is 0.434. The zero-order valence-corrected chi connectivity index (χ0v) is 17.6. The summed E-state index contributed by atoms with van der Waals surface area (Å²) in [6.07, 6.45) is 14.1. The lowest BCUT2D eigenvalue weighted by molar-refractivity contribution is 0.243. The Kier molecular flexibility index (Phi) is 7.75. The molecule has 0 aliphatic carbocycles. The Balaban J connectivity index is 1.49. The van der Waals surface area contributed by atoms with Gasteiger partial charge in [0, 0.05) is 4.47 Å². The van der Waals surface area contributed by atoms with Gasteiger partial charge in [0.25, 0.3) is 0 Å². The molecule has 0 spiro atoms. The van der Waals surface area contributed by atoms with E-state index in [0.717, 1.165) is 16.0 Å². The van der Waals surface area contributed by atoms with Crippen molar-refractivity contribution < 1.29 is 0 Å². The summed E-state index contributed by atoms with van der Waals surface area (Å²) in [7, 11) is 0. The second-order valence-electron chi connectivity index (χ2n) is 7.50. The van der Waals surface area contributed by atoms with E-state index in [2.05, 4.69) is 57.0 Å². The maximum absolute atomic E-state index is 4.72. The minimum Gasteiger partial charge on any atom is -0.341 e. The van der Waals surface area contributed by atoms with Crippen molar-refractivity contribution >= 4 is 15.9 Å². The highest BCUT2D eigenvalue weighted by molar-refractivity contribution is 9.10. The van der Waals surface area contributed by atoms with Crippen LogP contribution in [0.15, 0.2) is 34.9 Å². The predicted molar refractivity (Wildman–Crippen MR) is 113 cm³/mol. The lowest BCUT2D eigenvalue weighted by Crippen LogP contribution is -2.25. The average molecular weight is 418 g/mol. The molecule has 26 heavy (non-hydrogen) atoms. The van der Waals surface area contributed by atoms with Crippen molar-refractivity contribution in [1.82, 2.24) is 14.9 Å². The first-order valence-corrected chi connectivity index (χ1v) is 11.1. The third kappa shape index (κ3) is 5.43. The van der Waals surface area contributed by atoms with Crippen LogP contribution in [0.1, 0.15) is 76.6 Å². The Hall–Kier alpha value is -1.13. The van der Waals surface area contributed by atoms with Crippen LogP contribution in [0.25, 0.3) is 11.3 Å². The number of nitrogens with one attached hydrogen (secondary N) is 1. The molecular weight excluding hydrogens is 386 g/mol. The lowest BCUT2D eigenvalue weighted by atomic mass is 10.1. The molecule has 0 saturated carbocycles. The molecule has 0 amide bonds. The predicted octanol–water partition coefficient (Wildman–Crippen LogP) is 6.73. The number of nitrogens with zero attached hydrogens (tertiary/aromatic N) is 2. The van der Waals surface area contributed by atoms with Crippen molar-refractivity contribution in [2.45, 2.75) is 70.8 Å². The monoisotopic (exact) mass is 417 g/mol. The van der Waals surface area contributed by atoms with Gasteiger partial charge in [-0.1, -0.05) is 73.5 Å². The number of aromatic nitrogens is 2. The van der Waals surface area contributed by atoms with Crippen LogP contribution < -0.4 is 0 Å². The molecule has 1 atom stereocenters. The number of rotatable bonds is 10. The van der Waals surface area contributed by atoms with Crippen LogP contribution >= 0.6 is 15.9 Å². The summed E-state index contributed by atoms with van der Waals surface area (Å²) in [5.74, 6) is 1.14. The number of likely N-dealkylation sites (tertiary alicyclic amines) is 1. The summed E-state index contributed by atoms with van der Waals surface area (Å²) >= 11 is 3.50. The van der Waals surface area contributed by atoms with Crippen LogP contribution in [0, 0.1) is 0 Å². The topological polar surface area (TPSA) is 31.9 Å². The van der Waals surface area contributed by atoms with E-state index in [0.29, 0.717) is 6.04 Å². The number of unbranched alkanes of at least 4 members (excludes halogenated alkanes) is 6. The van der Waals surface area contributed by atoms with Gasteiger partial charge in [-0.15, -0.1) is 0 Å². The largest absolute Gasteiger partial charge is 0.341 e. The molecule has 1 unspecified atom stereocenters. The van der Waals surface area contributed by atoms with Crippen molar-refractivity contribution in [3.8, 4) is 11.3 Å². The lowest BCUT2D eigenvalue weighted by Gasteiger charge is -2.22. The van der Waals surface area contributed by atoms with Gasteiger partial charge in [0.05, 0.1) is 17.9 Å². The van der Waals surface area contributed by atoms with Crippen molar-refractivity contribution in [3.63, 3.8) is 0 Å². The van der Waals surface area contributed by atoms with E-state index < -0.39 is 0 Å². The Morgan fingerprint density at radius 2 is 1.81 bits per heavy atom. The van der Waals surface area contributed by atoms with Crippen molar-refractivity contribution in [2.24, 2.45) is 0 Å². The molecule has 2 heterocycles. The summed E-state index contributed by atoms with van der Waals surface area (Å²) in [6, 6.07) is 8.90. The summed E-state index contributed by atoms with van der Waals surface area (Å²) in [5.41, 5.74) is 2.32. The number of hydrogen-bond donors (Lipinski definition) is 1. The van der Waals surface area contributed by atoms with E-state index in [1.807, 2.05) is 6.20 Å². The average Bonchev–Trinajstić information content (AvgIpc) is 3.30. The molecule has 3 rings (SSSR count). The van der Waals surface area contributed by atoms with Gasteiger partial charge in [-0.2, -0.15) is 0 Å². The van der Waals surface area contributed by atoms with Crippen LogP contribution in [0.3, 0.4) is 0 Å². The fourth-order valence-electron chi connectivity index (χ4n) is 3.96. The third-order valence-electron chi connectivity index (χ3n) is 5.48. The smallest absolute Gasteiger partial charge is 0.123 e. The molecule has 1 aromatic carbocycles. The number of halogens is 1. The Morgan fingerprint density at radius 3 is 2.58 bits per heavy atom. The van der Waals surface area contributed by atoms with Gasteiger partial charge in [-0.3, -0.25) is 4.90 Å². The summed E-state index contributed by atoms with van der Waals surface area (Å²) in [5, 5.41) is 0. The number of aromatic amines is 1. The van der Waals surface area contributed by atoms with Crippen molar-refractivity contribution in [3.05, 3.63) is 40.8 Å². The second-order valence-corrected chi connectivity index (χ2v) is 8.42. The molecule has 0 bridgehead atoms. The van der Waals surface area contributed by atoms with Crippen LogP contribution in [0.4, 0.5) is 0 Å². The standard InChI is InChI=1S/C22H32BrN3/c1-2-3-4-5-6-7-8-15-26-16-9-10-21(26)22-24-17-20(25-22)18-11-13-19(23)14-12-18/h11-14,17,21H,2-10,15-16H2,1H3,(H,24,25). The maximum atomic E-state index is 4.72. The van der Waals surface area contributed by atoms with Gasteiger partial charge in [-0.05, 0) is 50.0 Å². The summed E-state index contributed by atoms with van der Waals surface area (Å²) < 4.78 is 1.11. The number of benzene rings is 1. The Labute approximate surface area is 166 Å². The molecule has 142 valence electrons. The SMILES string of the molecule is CCCCCCCCCN1CCCC1c1ncc(-c2ccc(Br)cc2)[nH]1. The second kappa shape index (κ2) is 10.3. The molecule has 3 nitrogen and oxygen atoms in total. The Morgan fingerprint density at radius 1 is 1.08 bits per heavy atom. The normalized spacial score (nSPS) is 17.8. The minimum absolute atomic E-state index is 0.472. The van der Waals surface area contributed by atoms with Gasteiger partial charge >= 0.3 is 0 Å².